The minimum absolute atomic E-state index is 0.429. The summed E-state index contributed by atoms with van der Waals surface area (Å²) in [6.07, 6.45) is 1.74. The molecule has 0 aliphatic heterocycles. The van der Waals surface area contributed by atoms with Crippen LogP contribution in [0.15, 0.2) is 35.4 Å². The number of aromatic amines is 2. The lowest BCUT2D eigenvalue weighted by Crippen LogP contribution is -2.04. The Kier molecular flexibility index (Phi) is 4.35. The molecule has 23 heavy (non-hydrogen) atoms. The van der Waals surface area contributed by atoms with Crippen LogP contribution in [0.5, 0.6) is 0 Å². The van der Waals surface area contributed by atoms with E-state index in [2.05, 4.69) is 32.5 Å². The topological polar surface area (TPSA) is 66.7 Å². The smallest absolute Gasteiger partial charge is 0.215 e. The predicted octanol–water partition coefficient (Wildman–Crippen LogP) is 3.35. The standard InChI is InChI=1S/C15H16N6S2/c1-10-13(8-16-21-14(22)17-18-15(21)23)11(2)20(19-10)9-12-6-4-3-5-7-12/h3-8H,9H2,1-2H3,(H,17,22)(H,18,23). The number of nitrogens with zero attached hydrogens (tertiary/aromatic N) is 4. The Morgan fingerprint density at radius 2 is 1.78 bits per heavy atom. The molecule has 0 spiro atoms. The van der Waals surface area contributed by atoms with Crippen LogP contribution in [-0.2, 0) is 6.54 Å². The van der Waals surface area contributed by atoms with E-state index in [-0.39, 0.29) is 0 Å². The van der Waals surface area contributed by atoms with Crippen molar-refractivity contribution >= 4 is 30.7 Å². The Labute approximate surface area is 143 Å². The Hall–Kier alpha value is -2.32. The average molecular weight is 344 g/mol. The third-order valence-corrected chi connectivity index (χ3v) is 4.13. The SMILES string of the molecule is Cc1nn(Cc2ccccc2)c(C)c1C=Nn1c(=S)[nH][nH]c1=S. The molecule has 8 heteroatoms. The first-order chi connectivity index (χ1) is 11.1. The number of nitrogens with one attached hydrogen (secondary N) is 2. The normalized spacial score (nSPS) is 11.4. The molecule has 0 saturated carbocycles. The summed E-state index contributed by atoms with van der Waals surface area (Å²) in [6, 6.07) is 10.2. The molecule has 0 radical (unpaired) electrons. The van der Waals surface area contributed by atoms with Crippen LogP contribution in [0.25, 0.3) is 0 Å². The van der Waals surface area contributed by atoms with Crippen LogP contribution in [0.3, 0.4) is 0 Å². The van der Waals surface area contributed by atoms with Gasteiger partial charge in [-0.05, 0) is 43.8 Å². The Bertz CT molecular complexity index is 931. The van der Waals surface area contributed by atoms with Crippen molar-refractivity contribution in [1.29, 1.82) is 0 Å². The average Bonchev–Trinajstić information content (AvgIpc) is 2.99. The van der Waals surface area contributed by atoms with Crippen molar-refractivity contribution in [1.82, 2.24) is 24.7 Å². The highest BCUT2D eigenvalue weighted by atomic mass is 32.1. The third kappa shape index (κ3) is 3.22. The van der Waals surface area contributed by atoms with Gasteiger partial charge in [0.2, 0.25) is 9.54 Å². The van der Waals surface area contributed by atoms with E-state index in [1.54, 1.807) is 6.21 Å². The fraction of sp³-hybridized carbons (Fsp3) is 0.200. The number of hydrogen-bond acceptors (Lipinski definition) is 4. The van der Waals surface area contributed by atoms with Crippen molar-refractivity contribution in [3.8, 4) is 0 Å². The van der Waals surface area contributed by atoms with Crippen molar-refractivity contribution < 1.29 is 0 Å². The van der Waals surface area contributed by atoms with Crippen molar-refractivity contribution in [2.45, 2.75) is 20.4 Å². The number of aryl methyl sites for hydroxylation is 1. The van der Waals surface area contributed by atoms with E-state index in [4.69, 9.17) is 24.4 Å². The van der Waals surface area contributed by atoms with Gasteiger partial charge in [-0.25, -0.2) is 0 Å². The summed E-state index contributed by atoms with van der Waals surface area (Å²) in [5.74, 6) is 0. The van der Waals surface area contributed by atoms with Gasteiger partial charge < -0.3 is 0 Å². The monoisotopic (exact) mass is 344 g/mol. The molecule has 0 saturated heterocycles. The number of H-pyrrole nitrogens is 2. The van der Waals surface area contributed by atoms with Crippen LogP contribution in [-0.4, -0.2) is 30.9 Å². The molecule has 0 aliphatic carbocycles. The quantitative estimate of drug-likeness (QED) is 0.563. The zero-order valence-electron chi connectivity index (χ0n) is 12.8. The molecular weight excluding hydrogens is 328 g/mol. The van der Waals surface area contributed by atoms with E-state index in [0.717, 1.165) is 23.5 Å². The van der Waals surface area contributed by atoms with Gasteiger partial charge >= 0.3 is 0 Å². The third-order valence-electron chi connectivity index (χ3n) is 3.58. The lowest BCUT2D eigenvalue weighted by molar-refractivity contribution is 0.659. The molecule has 0 aliphatic rings. The molecule has 1 aromatic carbocycles. The summed E-state index contributed by atoms with van der Waals surface area (Å²) in [5.41, 5.74) is 4.14. The van der Waals surface area contributed by atoms with Gasteiger partial charge in [0.25, 0.3) is 0 Å². The highest BCUT2D eigenvalue weighted by molar-refractivity contribution is 7.72. The van der Waals surface area contributed by atoms with E-state index in [1.165, 1.54) is 10.2 Å². The summed E-state index contributed by atoms with van der Waals surface area (Å²) in [6.45, 7) is 4.72. The molecule has 2 N–H and O–H groups in total. The lowest BCUT2D eigenvalue weighted by atomic mass is 10.2. The molecule has 0 atom stereocenters. The molecule has 2 heterocycles. The van der Waals surface area contributed by atoms with Crippen LogP contribution in [0.4, 0.5) is 0 Å². The minimum Gasteiger partial charge on any atom is -0.273 e. The Morgan fingerprint density at radius 3 is 2.43 bits per heavy atom. The van der Waals surface area contributed by atoms with Crippen molar-refractivity contribution in [2.75, 3.05) is 0 Å². The molecule has 118 valence electrons. The number of rotatable bonds is 4. The largest absolute Gasteiger partial charge is 0.273 e. The van der Waals surface area contributed by atoms with Gasteiger partial charge in [0.05, 0.1) is 18.5 Å². The maximum Gasteiger partial charge on any atom is 0.215 e. The van der Waals surface area contributed by atoms with Crippen LogP contribution in [0.1, 0.15) is 22.5 Å². The summed E-state index contributed by atoms with van der Waals surface area (Å²) < 4.78 is 4.30. The fourth-order valence-electron chi connectivity index (χ4n) is 2.33. The molecule has 0 bridgehead atoms. The van der Waals surface area contributed by atoms with Gasteiger partial charge in [-0.3, -0.25) is 14.9 Å². The van der Waals surface area contributed by atoms with Crippen LogP contribution in [0.2, 0.25) is 0 Å². The van der Waals surface area contributed by atoms with Crippen LogP contribution < -0.4 is 0 Å². The summed E-state index contributed by atoms with van der Waals surface area (Å²) >= 11 is 10.2. The molecular formula is C15H16N6S2. The second kappa shape index (κ2) is 6.43. The zero-order chi connectivity index (χ0) is 16.4. The van der Waals surface area contributed by atoms with Gasteiger partial charge in [0.1, 0.15) is 0 Å². The Balaban J connectivity index is 1.92. The first-order valence-electron chi connectivity index (χ1n) is 7.08. The number of aromatic nitrogens is 5. The molecule has 6 nitrogen and oxygen atoms in total. The van der Waals surface area contributed by atoms with E-state index >= 15 is 0 Å². The molecule has 0 unspecified atom stereocenters. The molecule has 3 aromatic rings. The van der Waals surface area contributed by atoms with E-state index in [9.17, 15) is 0 Å². The first-order valence-corrected chi connectivity index (χ1v) is 7.90. The van der Waals surface area contributed by atoms with Gasteiger partial charge in [0.15, 0.2) is 0 Å². The van der Waals surface area contributed by atoms with E-state index in [1.807, 2.05) is 36.7 Å². The molecule has 2 aromatic heterocycles. The Morgan fingerprint density at radius 1 is 1.13 bits per heavy atom. The van der Waals surface area contributed by atoms with Crippen molar-refractivity contribution in [3.05, 3.63) is 62.4 Å². The summed E-state index contributed by atoms with van der Waals surface area (Å²) in [7, 11) is 0. The van der Waals surface area contributed by atoms with Gasteiger partial charge in [-0.1, -0.05) is 30.3 Å². The maximum absolute atomic E-state index is 5.12. The zero-order valence-corrected chi connectivity index (χ0v) is 14.4. The first kappa shape index (κ1) is 15.6. The van der Waals surface area contributed by atoms with Gasteiger partial charge in [-0.2, -0.15) is 14.9 Å². The predicted molar refractivity (Wildman–Crippen MR) is 95.0 cm³/mol. The highest BCUT2D eigenvalue weighted by Crippen LogP contribution is 2.13. The van der Waals surface area contributed by atoms with Gasteiger partial charge in [-0.15, -0.1) is 0 Å². The van der Waals surface area contributed by atoms with E-state index < -0.39 is 0 Å². The van der Waals surface area contributed by atoms with Crippen molar-refractivity contribution in [2.24, 2.45) is 5.10 Å². The van der Waals surface area contributed by atoms with Crippen LogP contribution in [0, 0.1) is 23.4 Å². The maximum atomic E-state index is 5.12. The van der Waals surface area contributed by atoms with Crippen LogP contribution >= 0.6 is 24.4 Å². The highest BCUT2D eigenvalue weighted by Gasteiger charge is 2.10. The second-order valence-electron chi connectivity index (χ2n) is 5.14. The molecule has 0 fully saturated rings. The molecule has 3 rings (SSSR count). The molecule has 0 amide bonds. The fourth-order valence-corrected chi connectivity index (χ4v) is 2.77. The second-order valence-corrected chi connectivity index (χ2v) is 5.92. The lowest BCUT2D eigenvalue weighted by Gasteiger charge is -2.04. The van der Waals surface area contributed by atoms with E-state index in [0.29, 0.717) is 9.54 Å². The van der Waals surface area contributed by atoms with Gasteiger partial charge in [0, 0.05) is 11.3 Å². The summed E-state index contributed by atoms with van der Waals surface area (Å²) in [4.78, 5) is 0. The number of benzene rings is 1. The summed E-state index contributed by atoms with van der Waals surface area (Å²) in [5, 5.41) is 14.5. The minimum atomic E-state index is 0.429. The number of hydrogen-bond donors (Lipinski definition) is 2. The van der Waals surface area contributed by atoms with Crippen molar-refractivity contribution in [3.63, 3.8) is 0 Å².